The van der Waals surface area contributed by atoms with Crippen molar-refractivity contribution in [2.45, 2.75) is 25.5 Å². The number of aromatic nitrogens is 2. The molecule has 0 saturated heterocycles. The maximum atomic E-state index is 12.2. The highest BCUT2D eigenvalue weighted by Crippen LogP contribution is 2.19. The molecule has 2 unspecified atom stereocenters. The van der Waals surface area contributed by atoms with Crippen LogP contribution >= 0.6 is 0 Å². The van der Waals surface area contributed by atoms with Gasteiger partial charge >= 0.3 is 0 Å². The highest BCUT2D eigenvalue weighted by molar-refractivity contribution is 5.77. The van der Waals surface area contributed by atoms with Gasteiger partial charge in [-0.05, 0) is 36.2 Å². The molecule has 0 aliphatic rings. The van der Waals surface area contributed by atoms with Crippen LogP contribution in [0.25, 0.3) is 5.69 Å². The Morgan fingerprint density at radius 2 is 1.88 bits per heavy atom. The van der Waals surface area contributed by atoms with Crippen LogP contribution in [0.15, 0.2) is 73.1 Å². The molecule has 5 nitrogen and oxygen atoms in total. The van der Waals surface area contributed by atoms with Crippen molar-refractivity contribution in [3.8, 4) is 5.69 Å². The first-order valence-corrected chi connectivity index (χ1v) is 8.26. The molecule has 3 aromatic rings. The molecular formula is C20H21N3O2. The Morgan fingerprint density at radius 3 is 2.60 bits per heavy atom. The molecule has 0 bridgehead atoms. The number of rotatable bonds is 6. The number of hydrogen-bond donors (Lipinski definition) is 2. The van der Waals surface area contributed by atoms with Crippen molar-refractivity contribution in [1.82, 2.24) is 15.1 Å². The molecule has 25 heavy (non-hydrogen) atoms. The van der Waals surface area contributed by atoms with Crippen molar-refractivity contribution >= 4 is 5.91 Å². The summed E-state index contributed by atoms with van der Waals surface area (Å²) in [4.78, 5) is 12.2. The van der Waals surface area contributed by atoms with Crippen LogP contribution in [0.2, 0.25) is 0 Å². The topological polar surface area (TPSA) is 67.2 Å². The lowest BCUT2D eigenvalue weighted by Gasteiger charge is -2.17. The standard InChI is InChI=1S/C20H21N3O2/c1-15(17-9-5-10-18(13-17)23-12-6-11-21-23)22-20(25)14-19(24)16-7-3-2-4-8-16/h2-13,15,19,24H,14H2,1H3,(H,22,25). The Bertz CT molecular complexity index is 816. The second-order valence-corrected chi connectivity index (χ2v) is 5.97. The predicted molar refractivity (Wildman–Crippen MR) is 96.1 cm³/mol. The van der Waals surface area contributed by atoms with Crippen LogP contribution in [0, 0.1) is 0 Å². The van der Waals surface area contributed by atoms with E-state index < -0.39 is 6.10 Å². The molecule has 0 spiro atoms. The predicted octanol–water partition coefficient (Wildman–Crippen LogP) is 3.17. The fourth-order valence-electron chi connectivity index (χ4n) is 2.71. The van der Waals surface area contributed by atoms with Crippen LogP contribution in [0.5, 0.6) is 0 Å². The highest BCUT2D eigenvalue weighted by atomic mass is 16.3. The quantitative estimate of drug-likeness (QED) is 0.727. The molecule has 5 heteroatoms. The number of nitrogens with zero attached hydrogens (tertiary/aromatic N) is 2. The van der Waals surface area contributed by atoms with Crippen molar-refractivity contribution in [2.24, 2.45) is 0 Å². The molecule has 1 aromatic heterocycles. The van der Waals surface area contributed by atoms with E-state index in [2.05, 4.69) is 10.4 Å². The van der Waals surface area contributed by atoms with Crippen LogP contribution in [-0.4, -0.2) is 20.8 Å². The molecule has 0 aliphatic heterocycles. The van der Waals surface area contributed by atoms with Gasteiger partial charge in [0.25, 0.3) is 0 Å². The lowest BCUT2D eigenvalue weighted by atomic mass is 10.0. The van der Waals surface area contributed by atoms with Crippen LogP contribution in [-0.2, 0) is 4.79 Å². The smallest absolute Gasteiger partial charge is 0.223 e. The molecule has 0 fully saturated rings. The number of amides is 1. The highest BCUT2D eigenvalue weighted by Gasteiger charge is 2.15. The number of benzene rings is 2. The largest absolute Gasteiger partial charge is 0.388 e. The zero-order chi connectivity index (χ0) is 17.6. The fourth-order valence-corrected chi connectivity index (χ4v) is 2.71. The van der Waals surface area contributed by atoms with Gasteiger partial charge in [0.15, 0.2) is 0 Å². The first-order chi connectivity index (χ1) is 12.1. The number of hydrogen-bond acceptors (Lipinski definition) is 3. The van der Waals surface area contributed by atoms with Gasteiger partial charge in [-0.15, -0.1) is 0 Å². The minimum atomic E-state index is -0.802. The lowest BCUT2D eigenvalue weighted by Crippen LogP contribution is -2.28. The average molecular weight is 335 g/mol. The summed E-state index contributed by atoms with van der Waals surface area (Å²) in [5, 5.41) is 17.3. The summed E-state index contributed by atoms with van der Waals surface area (Å²) < 4.78 is 1.77. The maximum absolute atomic E-state index is 12.2. The van der Waals surface area contributed by atoms with Gasteiger partial charge in [0, 0.05) is 12.4 Å². The minimum absolute atomic E-state index is 0.0349. The zero-order valence-electron chi connectivity index (χ0n) is 14.0. The van der Waals surface area contributed by atoms with Crippen LogP contribution < -0.4 is 5.32 Å². The third kappa shape index (κ3) is 4.33. The summed E-state index contributed by atoms with van der Waals surface area (Å²) in [6.07, 6.45) is 2.83. The van der Waals surface area contributed by atoms with E-state index in [0.29, 0.717) is 0 Å². The first kappa shape index (κ1) is 16.9. The second-order valence-electron chi connectivity index (χ2n) is 5.97. The molecule has 0 radical (unpaired) electrons. The van der Waals surface area contributed by atoms with Gasteiger partial charge in [-0.1, -0.05) is 42.5 Å². The van der Waals surface area contributed by atoms with E-state index in [1.165, 1.54) is 0 Å². The van der Waals surface area contributed by atoms with E-state index in [-0.39, 0.29) is 18.4 Å². The van der Waals surface area contributed by atoms with E-state index in [0.717, 1.165) is 16.8 Å². The van der Waals surface area contributed by atoms with Crippen molar-refractivity contribution in [3.63, 3.8) is 0 Å². The first-order valence-electron chi connectivity index (χ1n) is 8.26. The minimum Gasteiger partial charge on any atom is -0.388 e. The van der Waals surface area contributed by atoms with Gasteiger partial charge in [-0.2, -0.15) is 5.10 Å². The molecule has 1 heterocycles. The van der Waals surface area contributed by atoms with Gasteiger partial charge in [-0.3, -0.25) is 4.79 Å². The van der Waals surface area contributed by atoms with Crippen molar-refractivity contribution in [1.29, 1.82) is 0 Å². The maximum Gasteiger partial charge on any atom is 0.223 e. The number of carbonyl (C=O) groups is 1. The van der Waals surface area contributed by atoms with Crippen LogP contribution in [0.3, 0.4) is 0 Å². The Morgan fingerprint density at radius 1 is 1.12 bits per heavy atom. The van der Waals surface area contributed by atoms with E-state index in [1.54, 1.807) is 10.9 Å². The SMILES string of the molecule is CC(NC(=O)CC(O)c1ccccc1)c1cccc(-n2cccn2)c1. The number of aliphatic hydroxyl groups excluding tert-OH is 1. The third-order valence-corrected chi connectivity index (χ3v) is 4.08. The monoisotopic (exact) mass is 335 g/mol. The van der Waals surface area contributed by atoms with Crippen LogP contribution in [0.4, 0.5) is 0 Å². The van der Waals surface area contributed by atoms with Gasteiger partial charge in [0.05, 0.1) is 24.3 Å². The molecule has 2 aromatic carbocycles. The number of carbonyl (C=O) groups excluding carboxylic acids is 1. The molecule has 0 saturated carbocycles. The van der Waals surface area contributed by atoms with E-state index >= 15 is 0 Å². The summed E-state index contributed by atoms with van der Waals surface area (Å²) in [7, 11) is 0. The molecule has 2 N–H and O–H groups in total. The van der Waals surface area contributed by atoms with E-state index in [9.17, 15) is 9.90 Å². The molecule has 1 amide bonds. The van der Waals surface area contributed by atoms with Crippen molar-refractivity contribution in [2.75, 3.05) is 0 Å². The molecular weight excluding hydrogens is 314 g/mol. The molecule has 2 atom stereocenters. The van der Waals surface area contributed by atoms with Gasteiger partial charge in [0.2, 0.25) is 5.91 Å². The van der Waals surface area contributed by atoms with Crippen LogP contribution in [0.1, 0.15) is 36.6 Å². The summed E-state index contributed by atoms with van der Waals surface area (Å²) in [5.41, 5.74) is 2.66. The van der Waals surface area contributed by atoms with Crippen molar-refractivity contribution in [3.05, 3.63) is 84.2 Å². The summed E-state index contributed by atoms with van der Waals surface area (Å²) in [6.45, 7) is 1.93. The Labute approximate surface area is 146 Å². The van der Waals surface area contributed by atoms with Gasteiger partial charge in [0.1, 0.15) is 0 Å². The molecule has 128 valence electrons. The summed E-state index contributed by atoms with van der Waals surface area (Å²) >= 11 is 0. The van der Waals surface area contributed by atoms with E-state index in [1.807, 2.05) is 73.8 Å². The molecule has 0 aliphatic carbocycles. The Hall–Kier alpha value is -2.92. The number of aliphatic hydroxyl groups is 1. The zero-order valence-corrected chi connectivity index (χ0v) is 14.0. The van der Waals surface area contributed by atoms with Crippen molar-refractivity contribution < 1.29 is 9.90 Å². The van der Waals surface area contributed by atoms with E-state index in [4.69, 9.17) is 0 Å². The summed E-state index contributed by atoms with van der Waals surface area (Å²) in [6, 6.07) is 18.8. The Balaban J connectivity index is 1.63. The average Bonchev–Trinajstić information content (AvgIpc) is 3.17. The van der Waals surface area contributed by atoms with Gasteiger partial charge in [-0.25, -0.2) is 4.68 Å². The molecule has 3 rings (SSSR count). The number of nitrogens with one attached hydrogen (secondary N) is 1. The fraction of sp³-hybridized carbons (Fsp3) is 0.200. The third-order valence-electron chi connectivity index (χ3n) is 4.08. The Kier molecular flexibility index (Phi) is 5.26. The lowest BCUT2D eigenvalue weighted by molar-refractivity contribution is -0.123. The van der Waals surface area contributed by atoms with Gasteiger partial charge < -0.3 is 10.4 Å². The second kappa shape index (κ2) is 7.77. The normalized spacial score (nSPS) is 13.2. The summed E-state index contributed by atoms with van der Waals surface area (Å²) in [5.74, 6) is -0.187.